The van der Waals surface area contributed by atoms with Gasteiger partial charge in [-0.3, -0.25) is 14.0 Å². The minimum absolute atomic E-state index is 0.0686. The largest absolute Gasteiger partial charge is 0.461 e. The number of carbonyl (C=O) groups is 2. The van der Waals surface area contributed by atoms with Crippen LogP contribution in [0.15, 0.2) is 48.8 Å². The summed E-state index contributed by atoms with van der Waals surface area (Å²) >= 11 is 6.56. The molecule has 2 aliphatic rings. The van der Waals surface area contributed by atoms with Crippen LogP contribution in [0.2, 0.25) is 5.15 Å². The smallest absolute Gasteiger partial charge is 0.416 e. The number of fused-ring (bicyclic) bond motifs is 1. The highest BCUT2D eigenvalue weighted by Crippen LogP contribution is 2.55. The molecule has 2 fully saturated rings. The van der Waals surface area contributed by atoms with Crippen LogP contribution in [0.1, 0.15) is 53.8 Å². The molecule has 1 aromatic carbocycles. The Bertz CT molecular complexity index is 1670. The topological polar surface area (TPSA) is 124 Å². The number of nitrogens with two attached hydrogens (primary N) is 1. The highest BCUT2D eigenvalue weighted by molar-refractivity contribution is 6.30. The number of anilines is 2. The Labute approximate surface area is 230 Å². The lowest BCUT2D eigenvalue weighted by molar-refractivity contribution is -0.203. The van der Waals surface area contributed by atoms with Gasteiger partial charge in [0.05, 0.1) is 11.8 Å². The number of cyclic esters (lactones) is 1. The third kappa shape index (κ3) is 4.14. The maximum Gasteiger partial charge on any atom is 0.416 e. The van der Waals surface area contributed by atoms with Crippen LogP contribution in [0, 0.1) is 5.41 Å². The molecule has 0 bridgehead atoms. The number of rotatable bonds is 4. The Morgan fingerprint density at radius 1 is 1.23 bits per heavy atom. The van der Waals surface area contributed by atoms with Crippen molar-refractivity contribution in [1.29, 1.82) is 0 Å². The summed E-state index contributed by atoms with van der Waals surface area (Å²) in [6, 6.07) is 7.94. The van der Waals surface area contributed by atoms with E-state index in [2.05, 4.69) is 15.3 Å². The molecule has 9 nitrogen and oxygen atoms in total. The molecule has 6 rings (SSSR count). The predicted octanol–water partition coefficient (Wildman–Crippen LogP) is 5.50. The van der Waals surface area contributed by atoms with Crippen molar-refractivity contribution in [3.05, 3.63) is 70.9 Å². The lowest BCUT2D eigenvalue weighted by Crippen LogP contribution is -2.53. The standard InChI is InChI=1S/C27H22ClF3N6O3/c1-13-26(25(39)40-13)8-6-16(11-26)23-36-20(21-22(32)34-12-18(28)37(21)23)14-2-4-15(5-3-14)24(38)35-19-10-17(7-9-33-19)27(29,30)31/h2-5,7,9-10,12-13,16H,6,8,11H2,1H3,(H2,32,34)(H,33,35,38)/t13?,16-,26+/m0/s1. The summed E-state index contributed by atoms with van der Waals surface area (Å²) < 4.78 is 46.0. The highest BCUT2D eigenvalue weighted by atomic mass is 35.5. The van der Waals surface area contributed by atoms with Gasteiger partial charge in [0.2, 0.25) is 0 Å². The number of benzene rings is 1. The van der Waals surface area contributed by atoms with E-state index in [-0.39, 0.29) is 35.2 Å². The van der Waals surface area contributed by atoms with Gasteiger partial charge in [-0.05, 0) is 50.5 Å². The summed E-state index contributed by atoms with van der Waals surface area (Å²) in [7, 11) is 0. The molecule has 40 heavy (non-hydrogen) atoms. The number of ether oxygens (including phenoxy) is 1. The van der Waals surface area contributed by atoms with Gasteiger partial charge in [0.15, 0.2) is 0 Å². The van der Waals surface area contributed by atoms with Gasteiger partial charge >= 0.3 is 12.1 Å². The third-order valence-electron chi connectivity index (χ3n) is 7.80. The Kier molecular flexibility index (Phi) is 5.98. The van der Waals surface area contributed by atoms with Gasteiger partial charge in [0, 0.05) is 23.2 Å². The molecule has 1 amide bonds. The van der Waals surface area contributed by atoms with Crippen molar-refractivity contribution in [2.75, 3.05) is 11.1 Å². The van der Waals surface area contributed by atoms with Crippen molar-refractivity contribution in [1.82, 2.24) is 19.4 Å². The number of amides is 1. The fourth-order valence-electron chi connectivity index (χ4n) is 5.60. The number of esters is 1. The molecule has 1 unspecified atom stereocenters. The third-order valence-corrected chi connectivity index (χ3v) is 8.07. The normalized spacial score (nSPS) is 22.4. The summed E-state index contributed by atoms with van der Waals surface area (Å²) in [5.74, 6) is -0.243. The maximum absolute atomic E-state index is 13.0. The number of halogens is 4. The monoisotopic (exact) mass is 570 g/mol. The number of carbonyl (C=O) groups excluding carboxylic acids is 2. The van der Waals surface area contributed by atoms with E-state index in [0.29, 0.717) is 40.6 Å². The zero-order valence-corrected chi connectivity index (χ0v) is 21.8. The fraction of sp³-hybridized carbons (Fsp3) is 0.296. The Morgan fingerprint density at radius 3 is 2.62 bits per heavy atom. The summed E-state index contributed by atoms with van der Waals surface area (Å²) in [6.07, 6.45) is -0.320. The van der Waals surface area contributed by atoms with Crippen LogP contribution in [-0.2, 0) is 15.7 Å². The zero-order valence-electron chi connectivity index (χ0n) is 21.0. The average Bonchev–Trinajstić information content (AvgIpc) is 3.56. The molecule has 3 N–H and O–H groups in total. The molecule has 1 saturated carbocycles. The zero-order chi connectivity index (χ0) is 28.4. The van der Waals surface area contributed by atoms with Gasteiger partial charge in [0.1, 0.15) is 45.3 Å². The van der Waals surface area contributed by atoms with Crippen molar-refractivity contribution in [2.24, 2.45) is 5.41 Å². The Hall–Kier alpha value is -4.19. The number of alkyl halides is 3. The van der Waals surface area contributed by atoms with Crippen molar-refractivity contribution < 1.29 is 27.5 Å². The number of aromatic nitrogens is 4. The summed E-state index contributed by atoms with van der Waals surface area (Å²) in [6.45, 7) is 1.90. The molecule has 1 spiro atoms. The van der Waals surface area contributed by atoms with E-state index < -0.39 is 23.1 Å². The first kappa shape index (κ1) is 26.1. The average molecular weight is 571 g/mol. The molecular formula is C27H22ClF3N6O3. The molecular weight excluding hydrogens is 549 g/mol. The van der Waals surface area contributed by atoms with Crippen LogP contribution in [0.25, 0.3) is 16.8 Å². The second kappa shape index (κ2) is 9.19. The number of nitrogens with one attached hydrogen (secondary N) is 1. The lowest BCUT2D eigenvalue weighted by Gasteiger charge is -2.42. The van der Waals surface area contributed by atoms with Crippen molar-refractivity contribution in [3.63, 3.8) is 0 Å². The fourth-order valence-corrected chi connectivity index (χ4v) is 5.82. The SMILES string of the molecule is CC1OC(=O)[C@@]12CC[C@H](c1nc(-c3ccc(C(=O)Nc4cc(C(F)(F)F)ccn4)cc3)c3c(N)ncc(Cl)n13)C2. The van der Waals surface area contributed by atoms with Gasteiger partial charge in [0.25, 0.3) is 5.91 Å². The first-order valence-corrected chi connectivity index (χ1v) is 12.8. The number of imidazole rings is 1. The summed E-state index contributed by atoms with van der Waals surface area (Å²) in [5, 5.41) is 2.70. The van der Waals surface area contributed by atoms with Gasteiger partial charge in [-0.25, -0.2) is 15.0 Å². The maximum atomic E-state index is 13.0. The second-order valence-electron chi connectivity index (χ2n) is 10.1. The number of pyridine rings is 1. The van der Waals surface area contributed by atoms with E-state index in [1.54, 1.807) is 16.5 Å². The Balaban J connectivity index is 1.31. The van der Waals surface area contributed by atoms with E-state index in [4.69, 9.17) is 27.1 Å². The molecule has 4 aromatic rings. The number of nitrogen functional groups attached to an aromatic ring is 1. The van der Waals surface area contributed by atoms with Gasteiger partial charge < -0.3 is 15.8 Å². The first-order valence-electron chi connectivity index (χ1n) is 12.5. The Morgan fingerprint density at radius 2 is 1.98 bits per heavy atom. The van der Waals surface area contributed by atoms with Crippen molar-refractivity contribution >= 4 is 40.6 Å². The molecule has 1 aliphatic heterocycles. The van der Waals surface area contributed by atoms with E-state index >= 15 is 0 Å². The molecule has 1 aliphatic carbocycles. The molecule has 1 saturated heterocycles. The highest BCUT2D eigenvalue weighted by Gasteiger charge is 2.59. The second-order valence-corrected chi connectivity index (χ2v) is 10.5. The van der Waals surface area contributed by atoms with E-state index in [1.807, 2.05) is 6.92 Å². The van der Waals surface area contributed by atoms with E-state index in [1.165, 1.54) is 18.3 Å². The van der Waals surface area contributed by atoms with Crippen LogP contribution < -0.4 is 11.1 Å². The van der Waals surface area contributed by atoms with Crippen LogP contribution >= 0.6 is 11.6 Å². The van der Waals surface area contributed by atoms with Crippen molar-refractivity contribution in [3.8, 4) is 11.3 Å². The van der Waals surface area contributed by atoms with E-state index in [0.717, 1.165) is 24.8 Å². The summed E-state index contributed by atoms with van der Waals surface area (Å²) in [4.78, 5) is 37.9. The van der Waals surface area contributed by atoms with Gasteiger partial charge in [-0.2, -0.15) is 13.2 Å². The van der Waals surface area contributed by atoms with Gasteiger partial charge in [-0.15, -0.1) is 0 Å². The molecule has 3 atom stereocenters. The van der Waals surface area contributed by atoms with Crippen molar-refractivity contribution in [2.45, 2.75) is 44.4 Å². The minimum atomic E-state index is -4.56. The summed E-state index contributed by atoms with van der Waals surface area (Å²) in [5.41, 5.74) is 6.64. The number of hydrogen-bond acceptors (Lipinski definition) is 7. The minimum Gasteiger partial charge on any atom is -0.461 e. The molecule has 206 valence electrons. The molecule has 0 radical (unpaired) electrons. The van der Waals surface area contributed by atoms with Gasteiger partial charge in [-0.1, -0.05) is 23.7 Å². The van der Waals surface area contributed by atoms with Crippen LogP contribution in [0.3, 0.4) is 0 Å². The molecule has 13 heteroatoms. The van der Waals surface area contributed by atoms with Crippen LogP contribution in [-0.4, -0.2) is 37.3 Å². The predicted molar refractivity (Wildman–Crippen MR) is 140 cm³/mol. The quantitative estimate of drug-likeness (QED) is 0.311. The van der Waals surface area contributed by atoms with Crippen LogP contribution in [0.4, 0.5) is 24.8 Å². The lowest BCUT2D eigenvalue weighted by atomic mass is 9.76. The molecule has 3 aromatic heterocycles. The molecule has 4 heterocycles. The number of nitrogens with zero attached hydrogens (tertiary/aromatic N) is 4. The van der Waals surface area contributed by atoms with Crippen LogP contribution in [0.5, 0.6) is 0 Å². The van der Waals surface area contributed by atoms with E-state index in [9.17, 15) is 22.8 Å². The first-order chi connectivity index (χ1) is 19.0. The number of hydrogen-bond donors (Lipinski definition) is 2.